The first-order valence-corrected chi connectivity index (χ1v) is 7.10. The number of nitrogens with zero attached hydrogens (tertiary/aromatic N) is 1. The first-order valence-electron chi connectivity index (χ1n) is 7.10. The van der Waals surface area contributed by atoms with Gasteiger partial charge >= 0.3 is 0 Å². The third-order valence-corrected chi connectivity index (χ3v) is 3.08. The van der Waals surface area contributed by atoms with Gasteiger partial charge in [-0.05, 0) is 24.6 Å². The number of methoxy groups -OCH3 is 1. The molecule has 3 heteroatoms. The third-order valence-electron chi connectivity index (χ3n) is 3.08. The Morgan fingerprint density at radius 2 is 1.79 bits per heavy atom. The highest BCUT2D eigenvalue weighted by molar-refractivity contribution is 5.22. The van der Waals surface area contributed by atoms with Gasteiger partial charge in [0.1, 0.15) is 0 Å². The van der Waals surface area contributed by atoms with Crippen molar-refractivity contribution < 1.29 is 4.74 Å². The molecular weight excluding hydrogens is 236 g/mol. The van der Waals surface area contributed by atoms with Gasteiger partial charge in [0, 0.05) is 39.4 Å². The SMILES string of the molecule is COCCCN(C)Cc1ccc(CNC(C)C)cc1. The van der Waals surface area contributed by atoms with Crippen LogP contribution in [0.3, 0.4) is 0 Å². The molecule has 0 atom stereocenters. The van der Waals surface area contributed by atoms with E-state index in [2.05, 4.69) is 55.4 Å². The van der Waals surface area contributed by atoms with Crippen molar-refractivity contribution >= 4 is 0 Å². The summed E-state index contributed by atoms with van der Waals surface area (Å²) in [5, 5.41) is 3.43. The molecule has 0 heterocycles. The topological polar surface area (TPSA) is 24.5 Å². The van der Waals surface area contributed by atoms with Gasteiger partial charge < -0.3 is 15.0 Å². The van der Waals surface area contributed by atoms with Gasteiger partial charge in [0.05, 0.1) is 0 Å². The Balaban J connectivity index is 2.34. The van der Waals surface area contributed by atoms with E-state index in [4.69, 9.17) is 4.74 Å². The molecule has 3 nitrogen and oxygen atoms in total. The normalized spacial score (nSPS) is 11.5. The lowest BCUT2D eigenvalue weighted by Crippen LogP contribution is -2.22. The van der Waals surface area contributed by atoms with E-state index in [0.29, 0.717) is 6.04 Å². The standard InChI is InChI=1S/C16H28N2O/c1-14(2)17-12-15-6-8-16(9-7-15)13-18(3)10-5-11-19-4/h6-9,14,17H,5,10-13H2,1-4H3. The second-order valence-corrected chi connectivity index (χ2v) is 5.44. The van der Waals surface area contributed by atoms with Crippen molar-refractivity contribution in [3.63, 3.8) is 0 Å². The van der Waals surface area contributed by atoms with Crippen LogP contribution in [0.4, 0.5) is 0 Å². The number of hydrogen-bond acceptors (Lipinski definition) is 3. The van der Waals surface area contributed by atoms with Crippen LogP contribution < -0.4 is 5.32 Å². The lowest BCUT2D eigenvalue weighted by Gasteiger charge is -2.16. The Bertz CT molecular complexity index is 335. The molecule has 0 saturated carbocycles. The van der Waals surface area contributed by atoms with Crippen molar-refractivity contribution in [3.8, 4) is 0 Å². The molecule has 0 saturated heterocycles. The molecular formula is C16H28N2O. The molecule has 0 unspecified atom stereocenters. The first kappa shape index (κ1) is 16.2. The highest BCUT2D eigenvalue weighted by Gasteiger charge is 2.01. The summed E-state index contributed by atoms with van der Waals surface area (Å²) < 4.78 is 5.07. The number of hydrogen-bond donors (Lipinski definition) is 1. The van der Waals surface area contributed by atoms with Crippen molar-refractivity contribution in [2.24, 2.45) is 0 Å². The molecule has 108 valence electrons. The van der Waals surface area contributed by atoms with Crippen molar-refractivity contribution in [1.82, 2.24) is 10.2 Å². The number of nitrogens with one attached hydrogen (secondary N) is 1. The molecule has 1 rings (SSSR count). The minimum atomic E-state index is 0.534. The van der Waals surface area contributed by atoms with Gasteiger partial charge in [0.25, 0.3) is 0 Å². The fourth-order valence-corrected chi connectivity index (χ4v) is 1.95. The Hall–Kier alpha value is -0.900. The highest BCUT2D eigenvalue weighted by Crippen LogP contribution is 2.07. The summed E-state index contributed by atoms with van der Waals surface area (Å²) in [6.07, 6.45) is 1.09. The molecule has 1 aromatic rings. The van der Waals surface area contributed by atoms with E-state index in [9.17, 15) is 0 Å². The zero-order valence-corrected chi connectivity index (χ0v) is 12.8. The van der Waals surface area contributed by atoms with Gasteiger partial charge in [-0.15, -0.1) is 0 Å². The number of rotatable bonds is 9. The van der Waals surface area contributed by atoms with Crippen LogP contribution in [0.15, 0.2) is 24.3 Å². The third kappa shape index (κ3) is 7.31. The van der Waals surface area contributed by atoms with E-state index < -0.39 is 0 Å². The average Bonchev–Trinajstić information content (AvgIpc) is 2.38. The lowest BCUT2D eigenvalue weighted by atomic mass is 10.1. The Kier molecular flexibility index (Phi) is 7.72. The van der Waals surface area contributed by atoms with Gasteiger partial charge in [0.15, 0.2) is 0 Å². The highest BCUT2D eigenvalue weighted by atomic mass is 16.5. The van der Waals surface area contributed by atoms with Gasteiger partial charge in [-0.2, -0.15) is 0 Å². The smallest absolute Gasteiger partial charge is 0.0474 e. The molecule has 0 amide bonds. The van der Waals surface area contributed by atoms with E-state index >= 15 is 0 Å². The van der Waals surface area contributed by atoms with E-state index in [1.54, 1.807) is 7.11 Å². The van der Waals surface area contributed by atoms with Gasteiger partial charge in [-0.25, -0.2) is 0 Å². The van der Waals surface area contributed by atoms with Crippen molar-refractivity contribution in [2.45, 2.75) is 39.4 Å². The van der Waals surface area contributed by atoms with Crippen molar-refractivity contribution in [2.75, 3.05) is 27.3 Å². The second-order valence-electron chi connectivity index (χ2n) is 5.44. The first-order chi connectivity index (χ1) is 9.11. The predicted octanol–water partition coefficient (Wildman–Crippen LogP) is 2.65. The van der Waals surface area contributed by atoms with Crippen molar-refractivity contribution in [3.05, 3.63) is 35.4 Å². The lowest BCUT2D eigenvalue weighted by molar-refractivity contribution is 0.178. The zero-order chi connectivity index (χ0) is 14.1. The molecule has 0 radical (unpaired) electrons. The van der Waals surface area contributed by atoms with Gasteiger partial charge in [0.2, 0.25) is 0 Å². The van der Waals surface area contributed by atoms with Crippen LogP contribution in [0.1, 0.15) is 31.4 Å². The van der Waals surface area contributed by atoms with Crippen LogP contribution in [0.25, 0.3) is 0 Å². The maximum absolute atomic E-state index is 5.07. The molecule has 0 spiro atoms. The fraction of sp³-hybridized carbons (Fsp3) is 0.625. The van der Waals surface area contributed by atoms with Crippen LogP contribution in [0.5, 0.6) is 0 Å². The molecule has 0 fully saturated rings. The second kappa shape index (κ2) is 9.08. The average molecular weight is 264 g/mol. The van der Waals surface area contributed by atoms with Crippen molar-refractivity contribution in [1.29, 1.82) is 0 Å². The molecule has 19 heavy (non-hydrogen) atoms. The Morgan fingerprint density at radius 3 is 2.37 bits per heavy atom. The summed E-state index contributed by atoms with van der Waals surface area (Å²) in [5.41, 5.74) is 2.72. The summed E-state index contributed by atoms with van der Waals surface area (Å²) in [4.78, 5) is 2.33. The minimum absolute atomic E-state index is 0.534. The fourth-order valence-electron chi connectivity index (χ4n) is 1.95. The largest absolute Gasteiger partial charge is 0.385 e. The molecule has 1 aromatic carbocycles. The van der Waals surface area contributed by atoms with E-state index in [1.165, 1.54) is 11.1 Å². The Labute approximate surface area is 118 Å². The van der Waals surface area contributed by atoms with E-state index in [-0.39, 0.29) is 0 Å². The zero-order valence-electron chi connectivity index (χ0n) is 12.8. The maximum atomic E-state index is 5.07. The molecule has 1 N–H and O–H groups in total. The molecule has 0 aliphatic carbocycles. The Morgan fingerprint density at radius 1 is 1.16 bits per heavy atom. The van der Waals surface area contributed by atoms with E-state index in [0.717, 1.165) is 32.7 Å². The van der Waals surface area contributed by atoms with Crippen LogP contribution in [-0.4, -0.2) is 38.3 Å². The molecule has 0 aliphatic rings. The molecule has 0 aliphatic heterocycles. The van der Waals surface area contributed by atoms with Crippen LogP contribution in [-0.2, 0) is 17.8 Å². The summed E-state index contributed by atoms with van der Waals surface area (Å²) in [5.74, 6) is 0. The minimum Gasteiger partial charge on any atom is -0.385 e. The quantitative estimate of drug-likeness (QED) is 0.694. The van der Waals surface area contributed by atoms with Crippen LogP contribution >= 0.6 is 0 Å². The number of ether oxygens (including phenoxy) is 1. The van der Waals surface area contributed by atoms with Gasteiger partial charge in [-0.1, -0.05) is 38.1 Å². The monoisotopic (exact) mass is 264 g/mol. The molecule has 0 aromatic heterocycles. The number of benzene rings is 1. The summed E-state index contributed by atoms with van der Waals surface area (Å²) in [7, 11) is 3.91. The predicted molar refractivity (Wildman–Crippen MR) is 81.2 cm³/mol. The summed E-state index contributed by atoms with van der Waals surface area (Å²) >= 11 is 0. The van der Waals surface area contributed by atoms with E-state index in [1.807, 2.05) is 0 Å². The van der Waals surface area contributed by atoms with Crippen LogP contribution in [0.2, 0.25) is 0 Å². The van der Waals surface area contributed by atoms with Gasteiger partial charge in [-0.3, -0.25) is 0 Å². The van der Waals surface area contributed by atoms with Crippen LogP contribution in [0, 0.1) is 0 Å². The maximum Gasteiger partial charge on any atom is 0.0474 e. The molecule has 0 bridgehead atoms. The summed E-state index contributed by atoms with van der Waals surface area (Å²) in [6, 6.07) is 9.42. The summed E-state index contributed by atoms with van der Waals surface area (Å²) in [6.45, 7) is 8.20.